The number of nitrogens with one attached hydrogen (secondary N) is 2. The van der Waals surface area contributed by atoms with Gasteiger partial charge in [-0.2, -0.15) is 0 Å². The van der Waals surface area contributed by atoms with Crippen molar-refractivity contribution in [3.63, 3.8) is 0 Å². The zero-order valence-corrected chi connectivity index (χ0v) is 12.9. The molecule has 3 rings (SSSR count). The predicted octanol–water partition coefficient (Wildman–Crippen LogP) is 1.54. The number of benzene rings is 1. The SMILES string of the molecule is COc1ccc2[nH]cc(C(O)CN3CCNCC3)c2c1.Cl. The number of aromatic nitrogens is 1. The van der Waals surface area contributed by atoms with Gasteiger partial charge < -0.3 is 20.1 Å². The molecule has 2 heterocycles. The summed E-state index contributed by atoms with van der Waals surface area (Å²) in [7, 11) is 1.66. The molecule has 1 atom stereocenters. The molecular weight excluding hydrogens is 290 g/mol. The maximum atomic E-state index is 10.5. The van der Waals surface area contributed by atoms with E-state index in [2.05, 4.69) is 15.2 Å². The van der Waals surface area contributed by atoms with Crippen LogP contribution in [0.3, 0.4) is 0 Å². The van der Waals surface area contributed by atoms with Gasteiger partial charge in [0.05, 0.1) is 13.2 Å². The van der Waals surface area contributed by atoms with E-state index in [9.17, 15) is 5.11 Å². The number of aromatic amines is 1. The molecule has 1 aromatic heterocycles. The molecule has 1 aliphatic rings. The van der Waals surface area contributed by atoms with Crippen LogP contribution in [0.1, 0.15) is 11.7 Å². The van der Waals surface area contributed by atoms with Crippen molar-refractivity contribution in [3.8, 4) is 5.75 Å². The number of methoxy groups -OCH3 is 1. The maximum Gasteiger partial charge on any atom is 0.119 e. The quantitative estimate of drug-likeness (QED) is 0.801. The van der Waals surface area contributed by atoms with E-state index >= 15 is 0 Å². The average molecular weight is 312 g/mol. The number of H-pyrrole nitrogens is 1. The first-order valence-electron chi connectivity index (χ1n) is 7.04. The maximum absolute atomic E-state index is 10.5. The van der Waals surface area contributed by atoms with Crippen LogP contribution in [0.5, 0.6) is 5.75 Å². The highest BCUT2D eigenvalue weighted by atomic mass is 35.5. The molecule has 116 valence electrons. The van der Waals surface area contributed by atoms with Gasteiger partial charge in [0, 0.05) is 55.4 Å². The number of β-amino-alcohol motifs (C(OH)–C–C–N with tert-alkyl or cyclic N) is 1. The smallest absolute Gasteiger partial charge is 0.119 e. The first-order chi connectivity index (χ1) is 9.78. The van der Waals surface area contributed by atoms with E-state index in [1.807, 2.05) is 24.4 Å². The van der Waals surface area contributed by atoms with Crippen molar-refractivity contribution in [1.82, 2.24) is 15.2 Å². The fraction of sp³-hybridized carbons (Fsp3) is 0.467. The second kappa shape index (κ2) is 7.13. The number of halogens is 1. The lowest BCUT2D eigenvalue weighted by Crippen LogP contribution is -2.44. The molecule has 0 amide bonds. The van der Waals surface area contributed by atoms with Crippen LogP contribution < -0.4 is 10.1 Å². The van der Waals surface area contributed by atoms with Gasteiger partial charge >= 0.3 is 0 Å². The lowest BCUT2D eigenvalue weighted by Gasteiger charge is -2.29. The Bertz CT molecular complexity index is 581. The molecule has 0 bridgehead atoms. The summed E-state index contributed by atoms with van der Waals surface area (Å²) >= 11 is 0. The van der Waals surface area contributed by atoms with Gasteiger partial charge in [0.15, 0.2) is 0 Å². The highest BCUT2D eigenvalue weighted by Gasteiger charge is 2.18. The van der Waals surface area contributed by atoms with E-state index in [1.54, 1.807) is 7.11 Å². The molecule has 5 nitrogen and oxygen atoms in total. The summed E-state index contributed by atoms with van der Waals surface area (Å²) in [5, 5.41) is 14.9. The molecule has 0 aliphatic carbocycles. The van der Waals surface area contributed by atoms with Crippen LogP contribution >= 0.6 is 12.4 Å². The number of nitrogens with zero attached hydrogens (tertiary/aromatic N) is 1. The van der Waals surface area contributed by atoms with Gasteiger partial charge in [-0.05, 0) is 18.2 Å². The van der Waals surface area contributed by atoms with Crippen molar-refractivity contribution in [2.24, 2.45) is 0 Å². The van der Waals surface area contributed by atoms with E-state index in [-0.39, 0.29) is 12.4 Å². The minimum Gasteiger partial charge on any atom is -0.497 e. The van der Waals surface area contributed by atoms with Crippen LogP contribution in [0, 0.1) is 0 Å². The molecule has 1 unspecified atom stereocenters. The minimum atomic E-state index is -0.478. The fourth-order valence-electron chi connectivity index (χ4n) is 2.76. The van der Waals surface area contributed by atoms with Crippen LogP contribution in [-0.4, -0.2) is 54.8 Å². The first kappa shape index (κ1) is 16.1. The van der Waals surface area contributed by atoms with Crippen molar-refractivity contribution in [1.29, 1.82) is 0 Å². The first-order valence-corrected chi connectivity index (χ1v) is 7.04. The van der Waals surface area contributed by atoms with E-state index < -0.39 is 6.10 Å². The molecule has 2 aromatic rings. The van der Waals surface area contributed by atoms with Crippen molar-refractivity contribution < 1.29 is 9.84 Å². The number of piperazine rings is 1. The van der Waals surface area contributed by atoms with Crippen LogP contribution in [0.25, 0.3) is 10.9 Å². The Kier molecular flexibility index (Phi) is 5.47. The van der Waals surface area contributed by atoms with Crippen LogP contribution in [0.2, 0.25) is 0 Å². The molecule has 21 heavy (non-hydrogen) atoms. The molecule has 3 N–H and O–H groups in total. The number of ether oxygens (including phenoxy) is 1. The largest absolute Gasteiger partial charge is 0.497 e. The Morgan fingerprint density at radius 3 is 2.81 bits per heavy atom. The number of hydrogen-bond donors (Lipinski definition) is 3. The number of aliphatic hydroxyl groups is 1. The van der Waals surface area contributed by atoms with E-state index in [4.69, 9.17) is 4.74 Å². The highest BCUT2D eigenvalue weighted by Crippen LogP contribution is 2.28. The van der Waals surface area contributed by atoms with E-state index in [0.717, 1.165) is 48.4 Å². The lowest BCUT2D eigenvalue weighted by molar-refractivity contribution is 0.106. The standard InChI is InChI=1S/C15H21N3O2.ClH/c1-20-11-2-3-14-12(8-11)13(9-17-14)15(19)10-18-6-4-16-5-7-18;/h2-3,8-9,15-17,19H,4-7,10H2,1H3;1H. The Morgan fingerprint density at radius 1 is 1.33 bits per heavy atom. The molecule has 1 fully saturated rings. The third-order valence-corrected chi connectivity index (χ3v) is 3.92. The van der Waals surface area contributed by atoms with Gasteiger partial charge in [0.1, 0.15) is 5.75 Å². The minimum absolute atomic E-state index is 0. The van der Waals surface area contributed by atoms with Gasteiger partial charge in [-0.25, -0.2) is 0 Å². The topological polar surface area (TPSA) is 60.5 Å². The molecule has 0 saturated carbocycles. The Morgan fingerprint density at radius 2 is 2.10 bits per heavy atom. The summed E-state index contributed by atoms with van der Waals surface area (Å²) in [4.78, 5) is 5.50. The zero-order chi connectivity index (χ0) is 13.9. The lowest BCUT2D eigenvalue weighted by atomic mass is 10.1. The van der Waals surface area contributed by atoms with Crippen LogP contribution in [-0.2, 0) is 0 Å². The molecule has 0 spiro atoms. The molecule has 0 radical (unpaired) electrons. The molecular formula is C15H22ClN3O2. The van der Waals surface area contributed by atoms with Gasteiger partial charge in [-0.3, -0.25) is 4.90 Å². The van der Waals surface area contributed by atoms with Crippen LogP contribution in [0.15, 0.2) is 24.4 Å². The van der Waals surface area contributed by atoms with Crippen molar-refractivity contribution in [2.75, 3.05) is 39.8 Å². The number of aliphatic hydroxyl groups excluding tert-OH is 1. The fourth-order valence-corrected chi connectivity index (χ4v) is 2.76. The second-order valence-corrected chi connectivity index (χ2v) is 5.22. The summed E-state index contributed by atoms with van der Waals surface area (Å²) < 4.78 is 5.26. The summed E-state index contributed by atoms with van der Waals surface area (Å²) in [6.07, 6.45) is 1.42. The number of hydrogen-bond acceptors (Lipinski definition) is 4. The Hall–Kier alpha value is -1.27. The molecule has 1 saturated heterocycles. The van der Waals surface area contributed by atoms with E-state index in [0.29, 0.717) is 6.54 Å². The van der Waals surface area contributed by atoms with Crippen molar-refractivity contribution >= 4 is 23.3 Å². The van der Waals surface area contributed by atoms with Crippen molar-refractivity contribution in [2.45, 2.75) is 6.10 Å². The van der Waals surface area contributed by atoms with Gasteiger partial charge in [-0.15, -0.1) is 12.4 Å². The number of fused-ring (bicyclic) bond motifs is 1. The average Bonchev–Trinajstić information content (AvgIpc) is 2.91. The Labute approximate surface area is 130 Å². The summed E-state index contributed by atoms with van der Waals surface area (Å²) in [5.41, 5.74) is 1.97. The van der Waals surface area contributed by atoms with Gasteiger partial charge in [0.2, 0.25) is 0 Å². The monoisotopic (exact) mass is 311 g/mol. The molecule has 1 aliphatic heterocycles. The van der Waals surface area contributed by atoms with Gasteiger partial charge in [0.25, 0.3) is 0 Å². The van der Waals surface area contributed by atoms with Crippen molar-refractivity contribution in [3.05, 3.63) is 30.0 Å². The zero-order valence-electron chi connectivity index (χ0n) is 12.1. The number of rotatable bonds is 4. The third kappa shape index (κ3) is 3.49. The summed E-state index contributed by atoms with van der Waals surface area (Å²) in [6, 6.07) is 5.88. The normalized spacial score (nSPS) is 17.4. The van der Waals surface area contributed by atoms with Gasteiger partial charge in [-0.1, -0.05) is 0 Å². The third-order valence-electron chi connectivity index (χ3n) is 3.92. The molecule has 1 aromatic carbocycles. The predicted molar refractivity (Wildman–Crippen MR) is 86.4 cm³/mol. The summed E-state index contributed by atoms with van der Waals surface area (Å²) in [5.74, 6) is 0.813. The van der Waals surface area contributed by atoms with E-state index in [1.165, 1.54) is 0 Å². The second-order valence-electron chi connectivity index (χ2n) is 5.22. The highest BCUT2D eigenvalue weighted by molar-refractivity contribution is 5.85. The Balaban J connectivity index is 0.00000161. The molecule has 6 heteroatoms. The summed E-state index contributed by atoms with van der Waals surface area (Å²) in [6.45, 7) is 4.64. The van der Waals surface area contributed by atoms with Crippen LogP contribution in [0.4, 0.5) is 0 Å².